The Balaban J connectivity index is 2.10. The molecule has 0 fully saturated rings. The molecule has 0 unspecified atom stereocenters. The number of carboxylic acids is 1. The number of benzene rings is 1. The normalized spacial score (nSPS) is 10.7. The quantitative estimate of drug-likeness (QED) is 0.790. The second-order valence-corrected chi connectivity index (χ2v) is 4.52. The summed E-state index contributed by atoms with van der Waals surface area (Å²) in [4.78, 5) is 18.5. The van der Waals surface area contributed by atoms with Gasteiger partial charge >= 0.3 is 5.97 Å². The van der Waals surface area contributed by atoms with E-state index in [0.717, 1.165) is 5.56 Å². The average molecular weight is 306 g/mol. The van der Waals surface area contributed by atoms with Crippen LogP contribution in [0.25, 0.3) is 22.4 Å². The lowest BCUT2D eigenvalue weighted by Crippen LogP contribution is -2.10. The van der Waals surface area contributed by atoms with Gasteiger partial charge in [-0.05, 0) is 12.1 Å². The van der Waals surface area contributed by atoms with Gasteiger partial charge in [0.15, 0.2) is 6.61 Å². The fourth-order valence-electron chi connectivity index (χ4n) is 1.80. The number of carboxylic acid groups (broad SMARTS) is 1. The van der Waals surface area contributed by atoms with E-state index in [1.165, 1.54) is 6.33 Å². The number of carbonyl (C=O) groups is 1. The molecule has 0 aliphatic heterocycles. The topological polar surface area (TPSA) is 98.3 Å². The van der Waals surface area contributed by atoms with E-state index in [4.69, 9.17) is 26.0 Å². The van der Waals surface area contributed by atoms with Crippen LogP contribution in [0.5, 0.6) is 5.88 Å². The Kier molecular flexibility index (Phi) is 3.41. The highest BCUT2D eigenvalue weighted by Gasteiger charge is 2.18. The molecule has 0 radical (unpaired) electrons. The highest BCUT2D eigenvalue weighted by molar-refractivity contribution is 6.30. The van der Waals surface area contributed by atoms with E-state index in [2.05, 4.69) is 15.1 Å². The minimum atomic E-state index is -1.11. The van der Waals surface area contributed by atoms with Crippen LogP contribution >= 0.6 is 11.6 Å². The first-order valence-electron chi connectivity index (χ1n) is 5.86. The molecule has 0 saturated carbocycles. The molecule has 3 rings (SSSR count). The van der Waals surface area contributed by atoms with E-state index in [-0.39, 0.29) is 11.6 Å². The molecule has 8 heteroatoms. The third kappa shape index (κ3) is 2.63. The molecule has 2 aromatic heterocycles. The zero-order valence-electron chi connectivity index (χ0n) is 10.5. The molecular weight excluding hydrogens is 298 g/mol. The second kappa shape index (κ2) is 5.37. The van der Waals surface area contributed by atoms with Gasteiger partial charge in [0.25, 0.3) is 5.71 Å². The van der Waals surface area contributed by atoms with Gasteiger partial charge < -0.3 is 14.4 Å². The van der Waals surface area contributed by atoms with Gasteiger partial charge in [0.1, 0.15) is 17.4 Å². The maximum absolute atomic E-state index is 10.6. The van der Waals surface area contributed by atoms with E-state index in [1.54, 1.807) is 24.3 Å². The smallest absolute Gasteiger partial charge is 0.341 e. The van der Waals surface area contributed by atoms with Crippen LogP contribution in [-0.4, -0.2) is 32.8 Å². The molecule has 1 aromatic carbocycles. The Bertz CT molecular complexity index is 801. The van der Waals surface area contributed by atoms with Gasteiger partial charge in [0.05, 0.1) is 0 Å². The van der Waals surface area contributed by atoms with Crippen LogP contribution in [0.2, 0.25) is 5.02 Å². The van der Waals surface area contributed by atoms with Crippen molar-refractivity contribution in [1.82, 2.24) is 15.1 Å². The van der Waals surface area contributed by atoms with E-state index >= 15 is 0 Å². The summed E-state index contributed by atoms with van der Waals surface area (Å²) in [7, 11) is 0. The van der Waals surface area contributed by atoms with E-state index in [1.807, 2.05) is 0 Å². The first-order chi connectivity index (χ1) is 10.1. The van der Waals surface area contributed by atoms with Crippen LogP contribution in [0.3, 0.4) is 0 Å². The number of halogens is 1. The Morgan fingerprint density at radius 2 is 2.05 bits per heavy atom. The van der Waals surface area contributed by atoms with Crippen molar-refractivity contribution in [3.8, 4) is 17.1 Å². The maximum atomic E-state index is 10.6. The van der Waals surface area contributed by atoms with Crippen molar-refractivity contribution < 1.29 is 19.2 Å². The number of ether oxygens (including phenoxy) is 1. The van der Waals surface area contributed by atoms with Gasteiger partial charge in [-0.25, -0.2) is 9.78 Å². The van der Waals surface area contributed by atoms with E-state index in [0.29, 0.717) is 16.1 Å². The molecule has 3 aromatic rings. The molecule has 21 heavy (non-hydrogen) atoms. The van der Waals surface area contributed by atoms with Gasteiger partial charge in [0, 0.05) is 10.6 Å². The molecular formula is C13H8ClN3O4. The van der Waals surface area contributed by atoms with Crippen LogP contribution < -0.4 is 4.74 Å². The number of rotatable bonds is 4. The van der Waals surface area contributed by atoms with Crippen molar-refractivity contribution in [3.05, 3.63) is 35.6 Å². The molecule has 0 spiro atoms. The summed E-state index contributed by atoms with van der Waals surface area (Å²) in [6, 6.07) is 6.93. The third-order valence-electron chi connectivity index (χ3n) is 2.69. The first-order valence-corrected chi connectivity index (χ1v) is 6.24. The molecule has 0 bridgehead atoms. The van der Waals surface area contributed by atoms with Crippen LogP contribution in [0, 0.1) is 0 Å². The second-order valence-electron chi connectivity index (χ2n) is 4.08. The molecule has 0 atom stereocenters. The molecule has 1 N–H and O–H groups in total. The van der Waals surface area contributed by atoms with Crippen molar-refractivity contribution >= 4 is 28.7 Å². The van der Waals surface area contributed by atoms with E-state index < -0.39 is 12.6 Å². The number of aliphatic carboxylic acids is 1. The summed E-state index contributed by atoms with van der Waals surface area (Å²) in [5.41, 5.74) is 1.41. The molecule has 106 valence electrons. The SMILES string of the molecule is O=C(O)COc1ncnc2onc(-c3ccc(Cl)cc3)c12. The van der Waals surface area contributed by atoms with Gasteiger partial charge in [-0.2, -0.15) is 4.98 Å². The fourth-order valence-corrected chi connectivity index (χ4v) is 1.93. The lowest BCUT2D eigenvalue weighted by atomic mass is 10.1. The van der Waals surface area contributed by atoms with Gasteiger partial charge in [-0.15, -0.1) is 0 Å². The Morgan fingerprint density at radius 3 is 2.76 bits per heavy atom. The first kappa shape index (κ1) is 13.3. The van der Waals surface area contributed by atoms with Crippen molar-refractivity contribution in [2.45, 2.75) is 0 Å². The predicted octanol–water partition coefficient (Wildman–Crippen LogP) is 2.40. The Labute approximate surface area is 123 Å². The van der Waals surface area contributed by atoms with Gasteiger partial charge in [-0.1, -0.05) is 28.9 Å². The van der Waals surface area contributed by atoms with Gasteiger partial charge in [-0.3, -0.25) is 0 Å². The number of aromatic nitrogens is 3. The molecule has 7 nitrogen and oxygen atoms in total. The Hall–Kier alpha value is -2.67. The predicted molar refractivity (Wildman–Crippen MR) is 73.2 cm³/mol. The number of nitrogens with zero attached hydrogens (tertiary/aromatic N) is 3. The summed E-state index contributed by atoms with van der Waals surface area (Å²) < 4.78 is 10.3. The summed E-state index contributed by atoms with van der Waals surface area (Å²) in [6.45, 7) is -0.517. The summed E-state index contributed by atoms with van der Waals surface area (Å²) in [5, 5.41) is 13.6. The third-order valence-corrected chi connectivity index (χ3v) is 2.94. The average Bonchev–Trinajstić information content (AvgIpc) is 2.90. The largest absolute Gasteiger partial charge is 0.479 e. The fraction of sp³-hybridized carbons (Fsp3) is 0.0769. The molecule has 0 aliphatic rings. The minimum absolute atomic E-state index is 0.105. The summed E-state index contributed by atoms with van der Waals surface area (Å²) in [5.74, 6) is -1.00. The summed E-state index contributed by atoms with van der Waals surface area (Å²) >= 11 is 5.85. The number of hydrogen-bond acceptors (Lipinski definition) is 6. The maximum Gasteiger partial charge on any atom is 0.341 e. The van der Waals surface area contributed by atoms with Crippen molar-refractivity contribution in [1.29, 1.82) is 0 Å². The van der Waals surface area contributed by atoms with E-state index in [9.17, 15) is 4.79 Å². The number of hydrogen-bond donors (Lipinski definition) is 1. The zero-order valence-corrected chi connectivity index (χ0v) is 11.2. The van der Waals surface area contributed by atoms with Crippen LogP contribution in [0.4, 0.5) is 0 Å². The highest BCUT2D eigenvalue weighted by atomic mass is 35.5. The minimum Gasteiger partial charge on any atom is -0.479 e. The number of fused-ring (bicyclic) bond motifs is 1. The van der Waals surface area contributed by atoms with Gasteiger partial charge in [0.2, 0.25) is 5.88 Å². The lowest BCUT2D eigenvalue weighted by molar-refractivity contribution is -0.139. The lowest BCUT2D eigenvalue weighted by Gasteiger charge is -2.03. The van der Waals surface area contributed by atoms with Crippen molar-refractivity contribution in [2.75, 3.05) is 6.61 Å². The van der Waals surface area contributed by atoms with Crippen LogP contribution in [0.1, 0.15) is 0 Å². The van der Waals surface area contributed by atoms with Crippen LogP contribution in [-0.2, 0) is 4.79 Å². The molecule has 2 heterocycles. The zero-order chi connectivity index (χ0) is 14.8. The monoisotopic (exact) mass is 305 g/mol. The Morgan fingerprint density at radius 1 is 1.29 bits per heavy atom. The molecule has 0 amide bonds. The van der Waals surface area contributed by atoms with Crippen LogP contribution in [0.15, 0.2) is 35.1 Å². The molecule has 0 aliphatic carbocycles. The van der Waals surface area contributed by atoms with Crippen molar-refractivity contribution in [3.63, 3.8) is 0 Å². The standard InChI is InChI=1S/C13H8ClN3O4/c14-8-3-1-7(2-4-8)11-10-12(20-5-9(18)19)15-6-16-13(10)21-17-11/h1-4,6H,5H2,(H,18,19). The van der Waals surface area contributed by atoms with Crippen molar-refractivity contribution in [2.24, 2.45) is 0 Å². The molecule has 0 saturated heterocycles. The highest BCUT2D eigenvalue weighted by Crippen LogP contribution is 2.32. The summed E-state index contributed by atoms with van der Waals surface area (Å²) in [6.07, 6.45) is 1.22.